The Hall–Kier alpha value is -1.73. The standard InChI is InChI=1S/C14H18ClN5OS/c1-3-8-17-13(21)9(2)22-14-19-18-12(20(14)16)10-6-4-5-7-11(10)15/h4-7,9H,3,8,16H2,1-2H3,(H,17,21)/t9-/m0/s1. The summed E-state index contributed by atoms with van der Waals surface area (Å²) in [5, 5.41) is 11.7. The van der Waals surface area contributed by atoms with Crippen LogP contribution in [0.15, 0.2) is 29.4 Å². The molecule has 0 aliphatic heterocycles. The predicted molar refractivity (Wildman–Crippen MR) is 89.2 cm³/mol. The molecule has 0 radical (unpaired) electrons. The van der Waals surface area contributed by atoms with Crippen molar-refractivity contribution in [1.82, 2.24) is 20.2 Å². The maximum Gasteiger partial charge on any atom is 0.233 e. The minimum atomic E-state index is -0.308. The Kier molecular flexibility index (Phi) is 5.68. The first kappa shape index (κ1) is 16.6. The van der Waals surface area contributed by atoms with Crippen LogP contribution in [0.1, 0.15) is 20.3 Å². The summed E-state index contributed by atoms with van der Waals surface area (Å²) in [4.78, 5) is 11.9. The molecule has 1 aromatic heterocycles. The van der Waals surface area contributed by atoms with Gasteiger partial charge in [0, 0.05) is 12.1 Å². The van der Waals surface area contributed by atoms with Crippen molar-refractivity contribution in [3.05, 3.63) is 29.3 Å². The largest absolute Gasteiger partial charge is 0.355 e. The van der Waals surface area contributed by atoms with E-state index in [-0.39, 0.29) is 11.2 Å². The molecule has 0 unspecified atom stereocenters. The van der Waals surface area contributed by atoms with Crippen molar-refractivity contribution in [2.75, 3.05) is 12.4 Å². The minimum Gasteiger partial charge on any atom is -0.355 e. The maximum absolute atomic E-state index is 11.9. The number of nitrogens with zero attached hydrogens (tertiary/aromatic N) is 3. The molecule has 0 aliphatic rings. The molecule has 6 nitrogen and oxygen atoms in total. The maximum atomic E-state index is 11.9. The van der Waals surface area contributed by atoms with Gasteiger partial charge in [-0.25, -0.2) is 4.68 Å². The van der Waals surface area contributed by atoms with Gasteiger partial charge in [0.25, 0.3) is 0 Å². The van der Waals surface area contributed by atoms with E-state index < -0.39 is 0 Å². The molecule has 22 heavy (non-hydrogen) atoms. The second kappa shape index (κ2) is 7.51. The van der Waals surface area contributed by atoms with Gasteiger partial charge in [0.15, 0.2) is 5.82 Å². The second-order valence-corrected chi connectivity index (χ2v) is 6.42. The number of carbonyl (C=O) groups is 1. The number of rotatable bonds is 6. The number of aromatic nitrogens is 3. The Morgan fingerprint density at radius 2 is 2.18 bits per heavy atom. The van der Waals surface area contributed by atoms with Crippen molar-refractivity contribution in [3.8, 4) is 11.4 Å². The lowest BCUT2D eigenvalue weighted by Gasteiger charge is -2.11. The summed E-state index contributed by atoms with van der Waals surface area (Å²) < 4.78 is 1.36. The third kappa shape index (κ3) is 3.72. The van der Waals surface area contributed by atoms with E-state index in [1.807, 2.05) is 25.1 Å². The number of carbonyl (C=O) groups excluding carboxylic acids is 1. The average molecular weight is 340 g/mol. The van der Waals surface area contributed by atoms with Gasteiger partial charge in [-0.15, -0.1) is 10.2 Å². The summed E-state index contributed by atoms with van der Waals surface area (Å²) >= 11 is 7.41. The normalized spacial score (nSPS) is 12.1. The van der Waals surface area contributed by atoms with E-state index in [0.717, 1.165) is 6.42 Å². The third-order valence-electron chi connectivity index (χ3n) is 2.98. The van der Waals surface area contributed by atoms with Gasteiger partial charge in [-0.1, -0.05) is 42.4 Å². The molecule has 0 saturated heterocycles. The zero-order valence-electron chi connectivity index (χ0n) is 12.4. The molecule has 0 fully saturated rings. The number of benzene rings is 1. The highest BCUT2D eigenvalue weighted by Gasteiger charge is 2.20. The lowest BCUT2D eigenvalue weighted by Crippen LogP contribution is -2.31. The van der Waals surface area contributed by atoms with Gasteiger partial charge in [0.05, 0.1) is 10.3 Å². The third-order valence-corrected chi connectivity index (χ3v) is 4.37. The van der Waals surface area contributed by atoms with Crippen LogP contribution in [0.3, 0.4) is 0 Å². The van der Waals surface area contributed by atoms with Crippen LogP contribution in [-0.4, -0.2) is 32.6 Å². The zero-order valence-corrected chi connectivity index (χ0v) is 14.0. The van der Waals surface area contributed by atoms with Crippen LogP contribution >= 0.6 is 23.4 Å². The van der Waals surface area contributed by atoms with Gasteiger partial charge < -0.3 is 11.2 Å². The first-order chi connectivity index (χ1) is 10.5. The van der Waals surface area contributed by atoms with Gasteiger partial charge in [-0.2, -0.15) is 0 Å². The first-order valence-electron chi connectivity index (χ1n) is 6.94. The van der Waals surface area contributed by atoms with Crippen LogP contribution < -0.4 is 11.2 Å². The van der Waals surface area contributed by atoms with Crippen molar-refractivity contribution in [3.63, 3.8) is 0 Å². The summed E-state index contributed by atoms with van der Waals surface area (Å²) in [6, 6.07) is 7.27. The predicted octanol–water partition coefficient (Wildman–Crippen LogP) is 2.32. The summed E-state index contributed by atoms with van der Waals surface area (Å²) in [7, 11) is 0. The Labute approximate surface area is 138 Å². The van der Waals surface area contributed by atoms with E-state index in [9.17, 15) is 4.79 Å². The van der Waals surface area contributed by atoms with Gasteiger partial charge >= 0.3 is 0 Å². The van der Waals surface area contributed by atoms with Crippen LogP contribution in [0, 0.1) is 0 Å². The van der Waals surface area contributed by atoms with Crippen LogP contribution in [0.25, 0.3) is 11.4 Å². The van der Waals surface area contributed by atoms with Gasteiger partial charge in [0.2, 0.25) is 11.1 Å². The van der Waals surface area contributed by atoms with Gasteiger partial charge in [0.1, 0.15) is 0 Å². The Bertz CT molecular complexity index is 660. The number of halogens is 1. The number of thioether (sulfide) groups is 1. The Balaban J connectivity index is 2.15. The fourth-order valence-electron chi connectivity index (χ4n) is 1.79. The smallest absolute Gasteiger partial charge is 0.233 e. The quantitative estimate of drug-likeness (QED) is 0.623. The highest BCUT2D eigenvalue weighted by atomic mass is 35.5. The van der Waals surface area contributed by atoms with Crippen LogP contribution in [0.4, 0.5) is 0 Å². The van der Waals surface area contributed by atoms with Gasteiger partial charge in [-0.3, -0.25) is 4.79 Å². The number of nitrogens with two attached hydrogens (primary N) is 1. The molecule has 118 valence electrons. The number of nitrogen functional groups attached to an aromatic ring is 1. The number of hydrogen-bond donors (Lipinski definition) is 2. The highest BCUT2D eigenvalue weighted by Crippen LogP contribution is 2.28. The number of hydrogen-bond acceptors (Lipinski definition) is 5. The average Bonchev–Trinajstić information content (AvgIpc) is 2.86. The number of nitrogens with one attached hydrogen (secondary N) is 1. The summed E-state index contributed by atoms with van der Waals surface area (Å²) in [6.07, 6.45) is 0.896. The molecule has 0 spiro atoms. The zero-order chi connectivity index (χ0) is 16.1. The molecular weight excluding hydrogens is 322 g/mol. The summed E-state index contributed by atoms with van der Waals surface area (Å²) in [5.41, 5.74) is 0.703. The van der Waals surface area contributed by atoms with E-state index in [1.54, 1.807) is 13.0 Å². The van der Waals surface area contributed by atoms with Crippen LogP contribution in [0.5, 0.6) is 0 Å². The lowest BCUT2D eigenvalue weighted by atomic mass is 10.2. The topological polar surface area (TPSA) is 85.8 Å². The molecule has 8 heteroatoms. The van der Waals surface area contributed by atoms with E-state index in [1.165, 1.54) is 16.4 Å². The van der Waals surface area contributed by atoms with Crippen molar-refractivity contribution < 1.29 is 4.79 Å². The molecule has 1 aromatic carbocycles. The SMILES string of the molecule is CCCNC(=O)[C@H](C)Sc1nnc(-c2ccccc2Cl)n1N. The summed E-state index contributed by atoms with van der Waals surface area (Å²) in [6.45, 7) is 4.47. The Morgan fingerprint density at radius 1 is 1.45 bits per heavy atom. The van der Waals surface area contributed by atoms with E-state index in [4.69, 9.17) is 17.4 Å². The molecular formula is C14H18ClN5OS. The Morgan fingerprint density at radius 3 is 2.86 bits per heavy atom. The van der Waals surface area contributed by atoms with Crippen molar-refractivity contribution in [1.29, 1.82) is 0 Å². The molecule has 1 atom stereocenters. The highest BCUT2D eigenvalue weighted by molar-refractivity contribution is 8.00. The lowest BCUT2D eigenvalue weighted by molar-refractivity contribution is -0.120. The van der Waals surface area contributed by atoms with Gasteiger partial charge in [-0.05, 0) is 25.5 Å². The van der Waals surface area contributed by atoms with E-state index in [0.29, 0.717) is 28.1 Å². The first-order valence-corrected chi connectivity index (χ1v) is 8.20. The van der Waals surface area contributed by atoms with Crippen molar-refractivity contribution >= 4 is 29.3 Å². The molecule has 0 aliphatic carbocycles. The minimum absolute atomic E-state index is 0.0471. The van der Waals surface area contributed by atoms with Crippen molar-refractivity contribution in [2.24, 2.45) is 0 Å². The molecule has 0 saturated carbocycles. The monoisotopic (exact) mass is 339 g/mol. The fraction of sp³-hybridized carbons (Fsp3) is 0.357. The second-order valence-electron chi connectivity index (χ2n) is 4.71. The molecule has 1 heterocycles. The molecule has 0 bridgehead atoms. The van der Waals surface area contributed by atoms with Crippen LogP contribution in [-0.2, 0) is 4.79 Å². The fourth-order valence-corrected chi connectivity index (χ4v) is 2.80. The number of amides is 1. The van der Waals surface area contributed by atoms with E-state index in [2.05, 4.69) is 15.5 Å². The molecule has 2 aromatic rings. The van der Waals surface area contributed by atoms with Crippen LogP contribution in [0.2, 0.25) is 5.02 Å². The van der Waals surface area contributed by atoms with E-state index >= 15 is 0 Å². The van der Waals surface area contributed by atoms with Crippen molar-refractivity contribution in [2.45, 2.75) is 30.7 Å². The summed E-state index contributed by atoms with van der Waals surface area (Å²) in [5.74, 6) is 6.45. The molecule has 1 amide bonds. The molecule has 2 rings (SSSR count). The molecule has 3 N–H and O–H groups in total.